The molecular weight excluding hydrogens is 416 g/mol. The van der Waals surface area contributed by atoms with E-state index >= 15 is 0 Å². The fourth-order valence-corrected chi connectivity index (χ4v) is 4.61. The number of aliphatic hydroxyl groups is 2. The Morgan fingerprint density at radius 2 is 0.938 bits per heavy atom. The van der Waals surface area contributed by atoms with Crippen molar-refractivity contribution in [2.45, 2.75) is 12.8 Å². The topological polar surface area (TPSA) is 95.8 Å². The van der Waals surface area contributed by atoms with Gasteiger partial charge in [-0.2, -0.15) is 0 Å². The van der Waals surface area contributed by atoms with E-state index in [-0.39, 0.29) is 25.0 Å². The molecule has 0 saturated heterocycles. The molecule has 0 spiro atoms. The summed E-state index contributed by atoms with van der Waals surface area (Å²) >= 11 is 0. The zero-order valence-electron chi connectivity index (χ0n) is 19.5. The maximum Gasteiger partial charge on any atom is 0.203 e. The number of ether oxygens (including phenoxy) is 6. The molecule has 0 aliphatic heterocycles. The molecule has 8 nitrogen and oxygen atoms in total. The summed E-state index contributed by atoms with van der Waals surface area (Å²) in [7, 11) is 9.39. The lowest BCUT2D eigenvalue weighted by molar-refractivity contribution is 0.119. The molecule has 0 radical (unpaired) electrons. The summed E-state index contributed by atoms with van der Waals surface area (Å²) in [6, 6.07) is 3.78. The highest BCUT2D eigenvalue weighted by atomic mass is 16.5. The van der Waals surface area contributed by atoms with Gasteiger partial charge < -0.3 is 38.6 Å². The van der Waals surface area contributed by atoms with Crippen molar-refractivity contribution in [3.8, 4) is 45.6 Å². The summed E-state index contributed by atoms with van der Waals surface area (Å²) < 4.78 is 34.1. The number of methoxy groups -OCH3 is 6. The van der Waals surface area contributed by atoms with Crippen LogP contribution < -0.4 is 28.4 Å². The number of fused-ring (bicyclic) bond motifs is 3. The summed E-state index contributed by atoms with van der Waals surface area (Å²) in [4.78, 5) is 0. The standard InChI is InChI=1S/C24H32O8/c1-27-17-9-13-7-15(11-25)16(12-26)8-14-10-18(28-2)22(30-4)24(32-6)20(14)19(13)23(31-5)21(17)29-3/h9-10,15-16,25-26H,7-8,11-12H2,1-6H3/t15-,16-/m0/s1. The maximum absolute atomic E-state index is 10.2. The second-order valence-electron chi connectivity index (χ2n) is 7.65. The van der Waals surface area contributed by atoms with E-state index in [0.717, 1.165) is 22.3 Å². The minimum Gasteiger partial charge on any atom is -0.493 e. The van der Waals surface area contributed by atoms with Gasteiger partial charge in [-0.3, -0.25) is 0 Å². The van der Waals surface area contributed by atoms with E-state index < -0.39 is 0 Å². The molecule has 2 aromatic rings. The maximum atomic E-state index is 10.2. The molecule has 1 aliphatic rings. The SMILES string of the molecule is COc1cc2c(c(OC)c1OC)-c1c(cc(OC)c(OC)c1OC)C[C@@H](CO)[C@H](CO)C2. The van der Waals surface area contributed by atoms with Crippen LogP contribution in [-0.4, -0.2) is 66.1 Å². The first-order valence-electron chi connectivity index (χ1n) is 10.4. The van der Waals surface area contributed by atoms with Gasteiger partial charge in [0.2, 0.25) is 11.5 Å². The van der Waals surface area contributed by atoms with Crippen molar-refractivity contribution in [2.75, 3.05) is 55.9 Å². The summed E-state index contributed by atoms with van der Waals surface area (Å²) in [5, 5.41) is 20.3. The highest BCUT2D eigenvalue weighted by Gasteiger charge is 2.34. The molecule has 0 fully saturated rings. The molecule has 0 heterocycles. The van der Waals surface area contributed by atoms with Gasteiger partial charge in [-0.05, 0) is 47.9 Å². The Balaban J connectivity index is 2.51. The normalized spacial score (nSPS) is 17.4. The van der Waals surface area contributed by atoms with Crippen LogP contribution >= 0.6 is 0 Å². The van der Waals surface area contributed by atoms with Crippen molar-refractivity contribution in [3.05, 3.63) is 23.3 Å². The van der Waals surface area contributed by atoms with E-state index in [2.05, 4.69) is 0 Å². The van der Waals surface area contributed by atoms with Gasteiger partial charge in [0, 0.05) is 24.3 Å². The van der Waals surface area contributed by atoms with Crippen molar-refractivity contribution in [2.24, 2.45) is 11.8 Å². The molecule has 0 bridgehead atoms. The third-order valence-electron chi connectivity index (χ3n) is 6.17. The third kappa shape index (κ3) is 3.89. The van der Waals surface area contributed by atoms with E-state index in [1.807, 2.05) is 12.1 Å². The molecule has 2 N–H and O–H groups in total. The summed E-state index contributed by atoms with van der Waals surface area (Å²) in [5.41, 5.74) is 3.30. The predicted octanol–water partition coefficient (Wildman–Crippen LogP) is 2.72. The lowest BCUT2D eigenvalue weighted by atomic mass is 9.76. The summed E-state index contributed by atoms with van der Waals surface area (Å²) in [6.45, 7) is -0.137. The van der Waals surface area contributed by atoms with Crippen molar-refractivity contribution in [1.29, 1.82) is 0 Å². The Kier molecular flexibility index (Phi) is 7.58. The van der Waals surface area contributed by atoms with Gasteiger partial charge in [-0.1, -0.05) is 0 Å². The highest BCUT2D eigenvalue weighted by Crippen LogP contribution is 2.55. The first-order chi connectivity index (χ1) is 15.5. The van der Waals surface area contributed by atoms with Crippen LogP contribution in [0.3, 0.4) is 0 Å². The average molecular weight is 449 g/mol. The number of rotatable bonds is 8. The fourth-order valence-electron chi connectivity index (χ4n) is 4.61. The Labute approximate surface area is 188 Å². The molecule has 3 rings (SSSR count). The zero-order chi connectivity index (χ0) is 23.4. The van der Waals surface area contributed by atoms with Crippen molar-refractivity contribution >= 4 is 0 Å². The lowest BCUT2D eigenvalue weighted by Crippen LogP contribution is -2.28. The van der Waals surface area contributed by atoms with Crippen molar-refractivity contribution in [1.82, 2.24) is 0 Å². The predicted molar refractivity (Wildman–Crippen MR) is 120 cm³/mol. The smallest absolute Gasteiger partial charge is 0.203 e. The number of hydrogen-bond donors (Lipinski definition) is 2. The molecule has 2 atom stereocenters. The Hall–Kier alpha value is -2.84. The van der Waals surface area contributed by atoms with Crippen LogP contribution in [0.25, 0.3) is 11.1 Å². The van der Waals surface area contributed by atoms with Gasteiger partial charge in [0.15, 0.2) is 23.0 Å². The highest BCUT2D eigenvalue weighted by molar-refractivity contribution is 5.88. The van der Waals surface area contributed by atoms with Crippen LogP contribution in [0.1, 0.15) is 11.1 Å². The monoisotopic (exact) mass is 448 g/mol. The molecule has 176 valence electrons. The first kappa shape index (κ1) is 23.8. The van der Waals surface area contributed by atoms with Crippen LogP contribution in [0.5, 0.6) is 34.5 Å². The largest absolute Gasteiger partial charge is 0.493 e. The molecule has 0 unspecified atom stereocenters. The van der Waals surface area contributed by atoms with Crippen LogP contribution in [0.2, 0.25) is 0 Å². The van der Waals surface area contributed by atoms with E-state index in [9.17, 15) is 10.2 Å². The number of benzene rings is 2. The van der Waals surface area contributed by atoms with Gasteiger partial charge in [0.05, 0.1) is 42.7 Å². The zero-order valence-corrected chi connectivity index (χ0v) is 19.5. The van der Waals surface area contributed by atoms with Crippen LogP contribution in [0.15, 0.2) is 12.1 Å². The van der Waals surface area contributed by atoms with E-state index in [0.29, 0.717) is 47.3 Å². The second-order valence-corrected chi connectivity index (χ2v) is 7.65. The minimum atomic E-state index is -0.172. The summed E-state index contributed by atoms with van der Waals surface area (Å²) in [5.74, 6) is 2.58. The van der Waals surface area contributed by atoms with Gasteiger partial charge in [0.25, 0.3) is 0 Å². The van der Waals surface area contributed by atoms with E-state index in [4.69, 9.17) is 28.4 Å². The Bertz CT molecular complexity index is 878. The molecule has 1 aliphatic carbocycles. The van der Waals surface area contributed by atoms with Crippen molar-refractivity contribution in [3.63, 3.8) is 0 Å². The number of hydrogen-bond acceptors (Lipinski definition) is 8. The summed E-state index contributed by atoms with van der Waals surface area (Å²) in [6.07, 6.45) is 1.01. The Morgan fingerprint density at radius 1 is 0.594 bits per heavy atom. The minimum absolute atomic E-state index is 0.0684. The molecule has 0 amide bonds. The first-order valence-corrected chi connectivity index (χ1v) is 10.4. The van der Waals surface area contributed by atoms with Crippen LogP contribution in [0, 0.1) is 11.8 Å². The quantitative estimate of drug-likeness (QED) is 0.637. The second kappa shape index (κ2) is 10.2. The van der Waals surface area contributed by atoms with E-state index in [1.54, 1.807) is 42.7 Å². The molecule has 0 aromatic heterocycles. The van der Waals surface area contributed by atoms with Gasteiger partial charge in [-0.15, -0.1) is 0 Å². The van der Waals surface area contributed by atoms with Gasteiger partial charge >= 0.3 is 0 Å². The average Bonchev–Trinajstić information content (AvgIpc) is 2.82. The van der Waals surface area contributed by atoms with Crippen LogP contribution in [0.4, 0.5) is 0 Å². The fraction of sp³-hybridized carbons (Fsp3) is 0.500. The Morgan fingerprint density at radius 3 is 1.19 bits per heavy atom. The third-order valence-corrected chi connectivity index (χ3v) is 6.17. The molecule has 0 saturated carbocycles. The van der Waals surface area contributed by atoms with Crippen molar-refractivity contribution < 1.29 is 38.6 Å². The van der Waals surface area contributed by atoms with Gasteiger partial charge in [-0.25, -0.2) is 0 Å². The molecule has 2 aromatic carbocycles. The number of aliphatic hydroxyl groups excluding tert-OH is 2. The molecule has 32 heavy (non-hydrogen) atoms. The molecule has 8 heteroatoms. The molecular formula is C24H32O8. The lowest BCUT2D eigenvalue weighted by Gasteiger charge is -2.32. The van der Waals surface area contributed by atoms with E-state index in [1.165, 1.54) is 0 Å². The van der Waals surface area contributed by atoms with Crippen LogP contribution in [-0.2, 0) is 12.8 Å². The van der Waals surface area contributed by atoms with Gasteiger partial charge in [0.1, 0.15) is 0 Å².